The Balaban J connectivity index is 1.97. The summed E-state index contributed by atoms with van der Waals surface area (Å²) >= 11 is -0.246. The summed E-state index contributed by atoms with van der Waals surface area (Å²) in [6, 6.07) is 6.94. The summed E-state index contributed by atoms with van der Waals surface area (Å²) in [5.41, 5.74) is -3.62. The number of ether oxygens (including phenoxy) is 1. The minimum atomic E-state index is -4.40. The third-order valence-electron chi connectivity index (χ3n) is 4.19. The van der Waals surface area contributed by atoms with Crippen LogP contribution in [0.2, 0.25) is 0 Å². The molecule has 10 heteroatoms. The molecule has 0 bridgehead atoms. The minimum absolute atomic E-state index is 0.0110. The number of alkyl halides is 3. The highest BCUT2D eigenvalue weighted by Crippen LogP contribution is 2.37. The Hall–Kier alpha value is -2.88. The fourth-order valence-corrected chi connectivity index (χ4v) is 3.39. The van der Waals surface area contributed by atoms with Gasteiger partial charge in [0, 0.05) is 16.7 Å². The maximum Gasteiger partial charge on any atom is 0.446 e. The van der Waals surface area contributed by atoms with Gasteiger partial charge in [0.15, 0.2) is 0 Å². The number of benzene rings is 1. The average molecular weight is 425 g/mol. The molecule has 2 heterocycles. The first-order valence-electron chi connectivity index (χ1n) is 8.64. The van der Waals surface area contributed by atoms with Crippen LogP contribution < -0.4 is 10.4 Å². The number of imidazole rings is 1. The molecule has 0 aliphatic rings. The van der Waals surface area contributed by atoms with Crippen LogP contribution in [-0.4, -0.2) is 31.3 Å². The summed E-state index contributed by atoms with van der Waals surface area (Å²) in [5.74, 6) is 0.250. The normalized spacial score (nSPS) is 11.6. The van der Waals surface area contributed by atoms with Crippen molar-refractivity contribution < 1.29 is 23.0 Å². The van der Waals surface area contributed by atoms with E-state index in [2.05, 4.69) is 4.98 Å². The van der Waals surface area contributed by atoms with Gasteiger partial charge in [0.1, 0.15) is 5.75 Å². The van der Waals surface area contributed by atoms with Crippen molar-refractivity contribution in [3.63, 3.8) is 0 Å². The molecule has 3 rings (SSSR count). The molecule has 0 aliphatic heterocycles. The van der Waals surface area contributed by atoms with Gasteiger partial charge in [-0.2, -0.15) is 13.2 Å². The molecule has 0 amide bonds. The van der Waals surface area contributed by atoms with Crippen molar-refractivity contribution in [3.8, 4) is 17.3 Å². The topological polar surface area (TPSA) is 69.3 Å². The van der Waals surface area contributed by atoms with Crippen LogP contribution in [0.1, 0.15) is 18.2 Å². The third-order valence-corrected chi connectivity index (χ3v) is 4.93. The number of rotatable bonds is 6. The fourth-order valence-electron chi connectivity index (χ4n) is 2.85. The largest absolute Gasteiger partial charge is 0.493 e. The number of thioether (sulfide) groups is 1. The summed E-state index contributed by atoms with van der Waals surface area (Å²) in [6.45, 7) is 3.99. The lowest BCUT2D eigenvalue weighted by molar-refractivity contribution is -0.0328. The lowest BCUT2D eigenvalue weighted by Gasteiger charge is -2.10. The molecule has 0 aliphatic carbocycles. The van der Waals surface area contributed by atoms with Gasteiger partial charge in [-0.3, -0.25) is 9.55 Å². The van der Waals surface area contributed by atoms with Gasteiger partial charge < -0.3 is 9.84 Å². The number of aromatic nitrogens is 3. The molecule has 29 heavy (non-hydrogen) atoms. The Kier molecular flexibility index (Phi) is 5.92. The van der Waals surface area contributed by atoms with E-state index in [9.17, 15) is 23.1 Å². The second-order valence-corrected chi connectivity index (χ2v) is 7.21. The summed E-state index contributed by atoms with van der Waals surface area (Å²) in [6.07, 6.45) is 3.12. The first kappa shape index (κ1) is 20.8. The Labute approximate surface area is 168 Å². The van der Waals surface area contributed by atoms with Crippen molar-refractivity contribution >= 4 is 11.8 Å². The molecule has 0 unspecified atom stereocenters. The van der Waals surface area contributed by atoms with Crippen molar-refractivity contribution in [2.45, 2.75) is 30.8 Å². The van der Waals surface area contributed by atoms with E-state index < -0.39 is 11.2 Å². The van der Waals surface area contributed by atoms with Crippen molar-refractivity contribution in [3.05, 3.63) is 64.5 Å². The number of nitrogens with zero attached hydrogens (tertiary/aromatic N) is 3. The lowest BCUT2D eigenvalue weighted by atomic mass is 10.2. The number of halogens is 3. The monoisotopic (exact) mass is 425 g/mol. The van der Waals surface area contributed by atoms with E-state index in [1.807, 2.05) is 6.92 Å². The predicted octanol–water partition coefficient (Wildman–Crippen LogP) is 4.11. The van der Waals surface area contributed by atoms with Gasteiger partial charge in [-0.25, -0.2) is 9.36 Å². The van der Waals surface area contributed by atoms with Crippen molar-refractivity contribution in [2.75, 3.05) is 6.61 Å². The molecular weight excluding hydrogens is 407 g/mol. The molecule has 3 aromatic rings. The molecule has 1 aromatic carbocycles. The van der Waals surface area contributed by atoms with Gasteiger partial charge in [0.05, 0.1) is 30.7 Å². The second-order valence-electron chi connectivity index (χ2n) is 6.07. The van der Waals surface area contributed by atoms with E-state index in [0.717, 1.165) is 4.57 Å². The van der Waals surface area contributed by atoms with Crippen LogP contribution in [0.4, 0.5) is 13.2 Å². The van der Waals surface area contributed by atoms with Crippen LogP contribution >= 0.6 is 11.8 Å². The van der Waals surface area contributed by atoms with Gasteiger partial charge >= 0.3 is 11.2 Å². The SMILES string of the molecule is CCOc1cnccc1Cn1c(C)c(O)n(-c2ccc(SC(F)(F)F)cc2)c1=O. The first-order chi connectivity index (χ1) is 13.7. The highest BCUT2D eigenvalue weighted by atomic mass is 32.2. The average Bonchev–Trinajstić information content (AvgIpc) is 2.86. The van der Waals surface area contributed by atoms with Crippen LogP contribution in [0.3, 0.4) is 0 Å². The van der Waals surface area contributed by atoms with Crippen molar-refractivity contribution in [1.29, 1.82) is 0 Å². The number of aromatic hydroxyl groups is 1. The highest BCUT2D eigenvalue weighted by Gasteiger charge is 2.29. The Morgan fingerprint density at radius 1 is 1.21 bits per heavy atom. The molecule has 2 aromatic heterocycles. The molecule has 0 saturated carbocycles. The maximum absolute atomic E-state index is 12.9. The molecule has 0 fully saturated rings. The van der Waals surface area contributed by atoms with E-state index in [1.165, 1.54) is 28.8 Å². The summed E-state index contributed by atoms with van der Waals surface area (Å²) in [7, 11) is 0. The Bertz CT molecular complexity index is 1060. The maximum atomic E-state index is 12.9. The molecule has 0 radical (unpaired) electrons. The molecular formula is C19H18F3N3O3S. The lowest BCUT2D eigenvalue weighted by Crippen LogP contribution is -2.24. The second kappa shape index (κ2) is 8.24. The van der Waals surface area contributed by atoms with Gasteiger partial charge in [0.25, 0.3) is 0 Å². The third kappa shape index (κ3) is 4.58. The van der Waals surface area contributed by atoms with Crippen LogP contribution in [0.25, 0.3) is 5.69 Å². The zero-order valence-corrected chi connectivity index (χ0v) is 16.4. The predicted molar refractivity (Wildman–Crippen MR) is 103 cm³/mol. The van der Waals surface area contributed by atoms with Crippen LogP contribution in [0.15, 0.2) is 52.4 Å². The van der Waals surface area contributed by atoms with Crippen molar-refractivity contribution in [2.24, 2.45) is 0 Å². The van der Waals surface area contributed by atoms with Crippen LogP contribution in [0, 0.1) is 6.92 Å². The zero-order valence-electron chi connectivity index (χ0n) is 15.6. The Morgan fingerprint density at radius 3 is 2.52 bits per heavy atom. The Morgan fingerprint density at radius 2 is 1.90 bits per heavy atom. The van der Waals surface area contributed by atoms with E-state index in [4.69, 9.17) is 4.74 Å². The zero-order chi connectivity index (χ0) is 21.2. The van der Waals surface area contributed by atoms with Gasteiger partial charge in [-0.1, -0.05) is 0 Å². The van der Waals surface area contributed by atoms with Gasteiger partial charge in [-0.05, 0) is 55.9 Å². The van der Waals surface area contributed by atoms with Crippen LogP contribution in [0.5, 0.6) is 11.6 Å². The summed E-state index contributed by atoms with van der Waals surface area (Å²) < 4.78 is 45.4. The molecule has 6 nitrogen and oxygen atoms in total. The fraction of sp³-hybridized carbons (Fsp3) is 0.263. The van der Waals surface area contributed by atoms with Gasteiger partial charge in [0.2, 0.25) is 5.88 Å². The smallest absolute Gasteiger partial charge is 0.446 e. The molecule has 0 spiro atoms. The van der Waals surface area contributed by atoms with E-state index in [0.29, 0.717) is 23.6 Å². The summed E-state index contributed by atoms with van der Waals surface area (Å²) in [4.78, 5) is 16.9. The first-order valence-corrected chi connectivity index (χ1v) is 9.46. The number of hydrogen-bond donors (Lipinski definition) is 1. The van der Waals surface area contributed by atoms with E-state index in [1.54, 1.807) is 25.4 Å². The van der Waals surface area contributed by atoms with E-state index in [-0.39, 0.29) is 34.8 Å². The minimum Gasteiger partial charge on any atom is -0.493 e. The highest BCUT2D eigenvalue weighted by molar-refractivity contribution is 8.00. The standard InChI is InChI=1S/C19H18F3N3O3S/c1-3-28-16-10-23-9-8-13(16)11-24-12(2)17(26)25(18(24)27)14-4-6-15(7-5-14)29-19(20,21)22/h4-10,26H,3,11H2,1-2H3. The number of hydrogen-bond acceptors (Lipinski definition) is 5. The molecule has 0 atom stereocenters. The van der Waals surface area contributed by atoms with E-state index >= 15 is 0 Å². The molecule has 0 saturated heterocycles. The molecule has 154 valence electrons. The summed E-state index contributed by atoms with van der Waals surface area (Å²) in [5, 5.41) is 10.5. The number of pyridine rings is 1. The van der Waals surface area contributed by atoms with Gasteiger partial charge in [-0.15, -0.1) is 0 Å². The quantitative estimate of drug-likeness (QED) is 0.602. The van der Waals surface area contributed by atoms with Crippen molar-refractivity contribution in [1.82, 2.24) is 14.1 Å². The van der Waals surface area contributed by atoms with Crippen LogP contribution in [-0.2, 0) is 6.54 Å². The molecule has 1 N–H and O–H groups in total.